The number of aromatic nitrogens is 2. The van der Waals surface area contributed by atoms with Gasteiger partial charge in [-0.3, -0.25) is 4.98 Å². The topological polar surface area (TPSA) is 38.9 Å². The van der Waals surface area contributed by atoms with Crippen LogP contribution in [0.25, 0.3) is 121 Å². The van der Waals surface area contributed by atoms with Crippen LogP contribution < -0.4 is 0 Å². The van der Waals surface area contributed by atoms with E-state index in [0.29, 0.717) is 22.4 Å². The SMILES string of the molecule is [2H]c1c([2H])c([2H])c2c(-c3oc(-c4c5ccccc5c(-c5ccccc5)c5ccccc45)c(-c4ccccc4)c3-c3ccccc3)c([2H])c([2H])c(-c3ccc4ccc5cccnc5c4n3)c2c1[2H]. The normalized spacial score (nSPS) is 13.0. The van der Waals surface area contributed by atoms with E-state index in [1.165, 1.54) is 0 Å². The van der Waals surface area contributed by atoms with E-state index < -0.39 is 12.1 Å². The summed E-state index contributed by atoms with van der Waals surface area (Å²) < 4.78 is 64.7. The van der Waals surface area contributed by atoms with Gasteiger partial charge in [0.15, 0.2) is 0 Å². The van der Waals surface area contributed by atoms with Crippen LogP contribution in [0.2, 0.25) is 0 Å². The number of benzene rings is 9. The molecule has 0 amide bonds. The third kappa shape index (κ3) is 5.66. The van der Waals surface area contributed by atoms with Crippen LogP contribution in [0.5, 0.6) is 0 Å². The summed E-state index contributed by atoms with van der Waals surface area (Å²) in [5, 5.41) is 5.74. The summed E-state index contributed by atoms with van der Waals surface area (Å²) in [5.41, 5.74) is 7.68. The number of fused-ring (bicyclic) bond motifs is 6. The summed E-state index contributed by atoms with van der Waals surface area (Å²) in [6.07, 6.45) is 1.70. The Morgan fingerprint density at radius 1 is 0.361 bits per heavy atom. The Kier molecular flexibility index (Phi) is 6.83. The van der Waals surface area contributed by atoms with E-state index in [4.69, 9.17) is 12.1 Å². The molecule has 0 saturated heterocycles. The van der Waals surface area contributed by atoms with Crippen molar-refractivity contribution < 1.29 is 12.6 Å². The molecule has 0 saturated carbocycles. The fourth-order valence-electron chi connectivity index (χ4n) is 9.00. The van der Waals surface area contributed by atoms with E-state index in [2.05, 4.69) is 41.4 Å². The zero-order valence-electron chi connectivity index (χ0n) is 38.6. The molecule has 12 aromatic rings. The maximum absolute atomic E-state index is 10.1. The minimum Gasteiger partial charge on any atom is -0.455 e. The van der Waals surface area contributed by atoms with Crippen LogP contribution in [0.4, 0.5) is 0 Å². The molecule has 0 aliphatic carbocycles. The van der Waals surface area contributed by atoms with E-state index in [1.54, 1.807) is 12.3 Å². The molecule has 284 valence electrons. The Hall–Kier alpha value is -8.14. The van der Waals surface area contributed by atoms with Gasteiger partial charge in [-0.05, 0) is 72.7 Å². The highest BCUT2D eigenvalue weighted by atomic mass is 16.3. The highest BCUT2D eigenvalue weighted by molar-refractivity contribution is 6.23. The molecule has 12 rings (SSSR count). The van der Waals surface area contributed by atoms with Gasteiger partial charge in [0, 0.05) is 44.8 Å². The third-order valence-electron chi connectivity index (χ3n) is 11.7. The van der Waals surface area contributed by atoms with Gasteiger partial charge in [0.2, 0.25) is 0 Å². The Balaban J connectivity index is 1.26. The first-order chi connectivity index (χ1) is 32.8. The number of hydrogen-bond acceptors (Lipinski definition) is 3. The number of rotatable bonds is 6. The van der Waals surface area contributed by atoms with Crippen molar-refractivity contribution in [1.29, 1.82) is 0 Å². The maximum atomic E-state index is 10.1. The van der Waals surface area contributed by atoms with Crippen LogP contribution >= 0.6 is 0 Å². The third-order valence-corrected chi connectivity index (χ3v) is 11.7. The van der Waals surface area contributed by atoms with E-state index in [1.807, 2.05) is 133 Å². The zero-order valence-corrected chi connectivity index (χ0v) is 32.6. The molecule has 3 heterocycles. The Morgan fingerprint density at radius 3 is 1.44 bits per heavy atom. The summed E-state index contributed by atoms with van der Waals surface area (Å²) in [7, 11) is 0. The molecule has 61 heavy (non-hydrogen) atoms. The summed E-state index contributed by atoms with van der Waals surface area (Å²) >= 11 is 0. The first kappa shape index (κ1) is 29.1. The van der Waals surface area contributed by atoms with Crippen LogP contribution in [-0.2, 0) is 0 Å². The highest BCUT2D eigenvalue weighted by Gasteiger charge is 2.29. The van der Waals surface area contributed by atoms with Gasteiger partial charge in [0.1, 0.15) is 11.5 Å². The lowest BCUT2D eigenvalue weighted by Gasteiger charge is -2.17. The fourth-order valence-corrected chi connectivity index (χ4v) is 9.00. The summed E-state index contributed by atoms with van der Waals surface area (Å²) in [4.78, 5) is 9.69. The van der Waals surface area contributed by atoms with E-state index >= 15 is 0 Å². The average Bonchev–Trinajstić information content (AvgIpc) is 3.77. The largest absolute Gasteiger partial charge is 0.455 e. The molecule has 0 fully saturated rings. The molecule has 0 bridgehead atoms. The molecule has 0 unspecified atom stereocenters. The standard InChI is InChI=1S/C58H36N2O/c1-4-17-37(18-5-1)51-45-26-12-14-28-47(45)54(48-29-15-13-27-46(48)51)58-53(39-21-8-3-9-22-39)52(38-19-6-2-7-20-38)57(61-58)49-34-33-44(42-24-10-11-25-43(42)49)50-35-32-41-31-30-40-23-16-36-59-55(40)56(41)60-50/h1-36H/i10D,11D,24D,25D,33D,34D. The summed E-state index contributed by atoms with van der Waals surface area (Å²) in [6.45, 7) is 0. The van der Waals surface area contributed by atoms with Gasteiger partial charge in [-0.2, -0.15) is 0 Å². The second kappa shape index (κ2) is 14.3. The first-order valence-corrected chi connectivity index (χ1v) is 20.3. The summed E-state index contributed by atoms with van der Waals surface area (Å²) in [6, 6.07) is 55.9. The van der Waals surface area contributed by atoms with Crippen molar-refractivity contribution >= 4 is 54.1 Å². The van der Waals surface area contributed by atoms with Gasteiger partial charge in [-0.1, -0.05) is 194 Å². The minimum absolute atomic E-state index is 0.0613. The van der Waals surface area contributed by atoms with Crippen LogP contribution in [0, 0.1) is 0 Å². The lowest BCUT2D eigenvalue weighted by atomic mass is 9.85. The van der Waals surface area contributed by atoms with E-state index in [-0.39, 0.29) is 57.5 Å². The number of furan rings is 1. The van der Waals surface area contributed by atoms with Crippen LogP contribution in [0.15, 0.2) is 223 Å². The second-order valence-electron chi connectivity index (χ2n) is 15.1. The molecule has 0 atom stereocenters. The smallest absolute Gasteiger partial charge is 0.144 e. The Morgan fingerprint density at radius 2 is 0.836 bits per heavy atom. The molecule has 0 radical (unpaired) electrons. The molecule has 3 nitrogen and oxygen atoms in total. The quantitative estimate of drug-likeness (QED) is 0.125. The molecule has 0 spiro atoms. The first-order valence-electron chi connectivity index (χ1n) is 23.3. The average molecular weight is 783 g/mol. The predicted molar refractivity (Wildman–Crippen MR) is 254 cm³/mol. The van der Waals surface area contributed by atoms with Crippen LogP contribution in [0.1, 0.15) is 8.22 Å². The van der Waals surface area contributed by atoms with Crippen molar-refractivity contribution in [3.05, 3.63) is 218 Å². The number of hydrogen-bond donors (Lipinski definition) is 0. The highest BCUT2D eigenvalue weighted by Crippen LogP contribution is 2.53. The zero-order chi connectivity index (χ0) is 45.5. The Labute approximate surface area is 361 Å². The van der Waals surface area contributed by atoms with Crippen molar-refractivity contribution in [1.82, 2.24) is 9.97 Å². The minimum atomic E-state index is -0.465. The van der Waals surface area contributed by atoms with Gasteiger partial charge < -0.3 is 4.42 Å². The van der Waals surface area contributed by atoms with Crippen LogP contribution in [0.3, 0.4) is 0 Å². The fraction of sp³-hybridized carbons (Fsp3) is 0. The number of pyridine rings is 2. The van der Waals surface area contributed by atoms with Crippen LogP contribution in [-0.4, -0.2) is 9.97 Å². The maximum Gasteiger partial charge on any atom is 0.144 e. The lowest BCUT2D eigenvalue weighted by molar-refractivity contribution is 0.600. The summed E-state index contributed by atoms with van der Waals surface area (Å²) in [5.74, 6) is 0.730. The molecule has 3 heteroatoms. The van der Waals surface area contributed by atoms with Gasteiger partial charge in [0.05, 0.1) is 25.0 Å². The molecule has 0 aliphatic rings. The van der Waals surface area contributed by atoms with Crippen molar-refractivity contribution in [3.63, 3.8) is 0 Å². The van der Waals surface area contributed by atoms with Crippen molar-refractivity contribution in [2.45, 2.75) is 0 Å². The van der Waals surface area contributed by atoms with Crippen molar-refractivity contribution in [2.75, 3.05) is 0 Å². The molecule has 3 aromatic heterocycles. The van der Waals surface area contributed by atoms with Crippen molar-refractivity contribution in [3.8, 4) is 67.3 Å². The second-order valence-corrected chi connectivity index (χ2v) is 15.1. The lowest BCUT2D eigenvalue weighted by Crippen LogP contribution is -1.91. The van der Waals surface area contributed by atoms with Crippen molar-refractivity contribution in [2.24, 2.45) is 0 Å². The van der Waals surface area contributed by atoms with Gasteiger partial charge in [-0.15, -0.1) is 0 Å². The van der Waals surface area contributed by atoms with Gasteiger partial charge in [0.25, 0.3) is 0 Å². The molecule has 9 aromatic carbocycles. The molecular weight excluding hydrogens is 741 g/mol. The number of nitrogens with zero attached hydrogens (tertiary/aromatic N) is 2. The van der Waals surface area contributed by atoms with Gasteiger partial charge in [-0.25, -0.2) is 4.98 Å². The monoisotopic (exact) mass is 782 g/mol. The molecule has 0 N–H and O–H groups in total. The van der Waals surface area contributed by atoms with E-state index in [9.17, 15) is 5.48 Å². The molecule has 0 aliphatic heterocycles. The molecular formula is C58H36N2O. The Bertz CT molecular complexity index is 3930. The van der Waals surface area contributed by atoms with E-state index in [0.717, 1.165) is 65.7 Å². The predicted octanol–water partition coefficient (Wildman–Crippen LogP) is 15.8. The van der Waals surface area contributed by atoms with Gasteiger partial charge >= 0.3 is 0 Å².